The second kappa shape index (κ2) is 4.66. The number of hydrogen-bond acceptors (Lipinski definition) is 3. The normalized spacial score (nSPS) is 12.1. The fourth-order valence-electron chi connectivity index (χ4n) is 1.46. The van der Waals surface area contributed by atoms with Crippen molar-refractivity contribution in [3.63, 3.8) is 0 Å². The van der Waals surface area contributed by atoms with Crippen LogP contribution in [0, 0.1) is 0 Å². The molecule has 2 rings (SSSR count). The van der Waals surface area contributed by atoms with E-state index in [9.17, 15) is 0 Å². The second-order valence-corrected chi connectivity index (χ2v) is 3.59. The molecule has 3 nitrogen and oxygen atoms in total. The molecule has 0 aliphatic heterocycles. The van der Waals surface area contributed by atoms with Crippen molar-refractivity contribution in [2.45, 2.75) is 13.0 Å². The number of pyridine rings is 1. The lowest BCUT2D eigenvalue weighted by Gasteiger charge is -2.14. The summed E-state index contributed by atoms with van der Waals surface area (Å²) < 4.78 is 5.74. The van der Waals surface area contributed by atoms with Crippen LogP contribution >= 0.6 is 0 Å². The minimum absolute atomic E-state index is 0.00613. The van der Waals surface area contributed by atoms with Crippen LogP contribution in [-0.4, -0.2) is 4.98 Å². The van der Waals surface area contributed by atoms with Gasteiger partial charge in [-0.2, -0.15) is 0 Å². The summed E-state index contributed by atoms with van der Waals surface area (Å²) in [5.41, 5.74) is 6.64. The van der Waals surface area contributed by atoms with Crippen LogP contribution in [0.4, 0.5) is 5.82 Å². The number of nitrogens with zero attached hydrogens (tertiary/aromatic N) is 1. The van der Waals surface area contributed by atoms with Gasteiger partial charge in [0.25, 0.3) is 0 Å². The van der Waals surface area contributed by atoms with Crippen LogP contribution in [0.25, 0.3) is 0 Å². The van der Waals surface area contributed by atoms with Gasteiger partial charge in [-0.25, -0.2) is 4.98 Å². The zero-order chi connectivity index (χ0) is 11.4. The molecule has 0 radical (unpaired) electrons. The Labute approximate surface area is 94.9 Å². The van der Waals surface area contributed by atoms with Gasteiger partial charge in [0.15, 0.2) is 0 Å². The monoisotopic (exact) mass is 214 g/mol. The Bertz CT molecular complexity index is 439. The van der Waals surface area contributed by atoms with E-state index in [0.29, 0.717) is 5.82 Å². The summed E-state index contributed by atoms with van der Waals surface area (Å²) in [7, 11) is 0. The van der Waals surface area contributed by atoms with Gasteiger partial charge < -0.3 is 10.5 Å². The van der Waals surface area contributed by atoms with Crippen LogP contribution < -0.4 is 10.5 Å². The van der Waals surface area contributed by atoms with Crippen LogP contribution in [0.1, 0.15) is 18.6 Å². The minimum Gasteiger partial charge on any atom is -0.484 e. The molecule has 16 heavy (non-hydrogen) atoms. The number of nitrogens with two attached hydrogens (primary N) is 1. The lowest BCUT2D eigenvalue weighted by Crippen LogP contribution is -2.03. The van der Waals surface area contributed by atoms with Gasteiger partial charge in [0.2, 0.25) is 0 Å². The summed E-state index contributed by atoms with van der Waals surface area (Å²) in [6.45, 7) is 2.01. The molecular formula is C13H14N2O. The highest BCUT2D eigenvalue weighted by atomic mass is 16.5. The topological polar surface area (TPSA) is 48.1 Å². The van der Waals surface area contributed by atoms with E-state index < -0.39 is 0 Å². The molecule has 0 saturated carbocycles. The molecule has 0 aliphatic carbocycles. The van der Waals surface area contributed by atoms with Gasteiger partial charge in [0.05, 0.1) is 6.20 Å². The summed E-state index contributed by atoms with van der Waals surface area (Å²) in [5, 5.41) is 0. The SMILES string of the molecule is CC(Oc1ccc(N)nc1)c1ccccc1. The summed E-state index contributed by atoms with van der Waals surface area (Å²) in [4.78, 5) is 3.98. The number of rotatable bonds is 3. The molecule has 2 N–H and O–H groups in total. The Morgan fingerprint density at radius 2 is 1.88 bits per heavy atom. The quantitative estimate of drug-likeness (QED) is 0.854. The average Bonchev–Trinajstić information content (AvgIpc) is 2.33. The Hall–Kier alpha value is -2.03. The zero-order valence-corrected chi connectivity index (χ0v) is 9.13. The first-order valence-corrected chi connectivity index (χ1v) is 5.19. The van der Waals surface area contributed by atoms with Crippen molar-refractivity contribution in [1.82, 2.24) is 4.98 Å². The molecule has 0 aliphatic rings. The molecule has 1 atom stereocenters. The van der Waals surface area contributed by atoms with Gasteiger partial charge in [-0.1, -0.05) is 30.3 Å². The maximum Gasteiger partial charge on any atom is 0.138 e. The first-order chi connectivity index (χ1) is 7.75. The largest absolute Gasteiger partial charge is 0.484 e. The summed E-state index contributed by atoms with van der Waals surface area (Å²) in [6, 6.07) is 13.6. The molecule has 82 valence electrons. The van der Waals surface area contributed by atoms with Crippen molar-refractivity contribution in [2.75, 3.05) is 5.73 Å². The molecule has 2 aromatic rings. The number of anilines is 1. The summed E-state index contributed by atoms with van der Waals surface area (Å²) in [5.74, 6) is 1.23. The van der Waals surface area contributed by atoms with Crippen LogP contribution in [0.5, 0.6) is 5.75 Å². The third kappa shape index (κ3) is 2.51. The third-order valence-electron chi connectivity index (χ3n) is 2.34. The fraction of sp³-hybridized carbons (Fsp3) is 0.154. The number of aromatic nitrogens is 1. The third-order valence-corrected chi connectivity index (χ3v) is 2.34. The van der Waals surface area contributed by atoms with E-state index in [0.717, 1.165) is 11.3 Å². The fourth-order valence-corrected chi connectivity index (χ4v) is 1.46. The van der Waals surface area contributed by atoms with Gasteiger partial charge in [0.1, 0.15) is 17.7 Å². The van der Waals surface area contributed by atoms with Crippen LogP contribution in [0.15, 0.2) is 48.7 Å². The molecule has 3 heteroatoms. The molecule has 1 aromatic heterocycles. The van der Waals surface area contributed by atoms with Crippen LogP contribution in [0.3, 0.4) is 0 Å². The van der Waals surface area contributed by atoms with E-state index >= 15 is 0 Å². The van der Waals surface area contributed by atoms with E-state index in [-0.39, 0.29) is 6.10 Å². The van der Waals surface area contributed by atoms with Crippen molar-refractivity contribution in [1.29, 1.82) is 0 Å². The molecule has 0 spiro atoms. The van der Waals surface area contributed by atoms with E-state index in [1.54, 1.807) is 12.3 Å². The number of ether oxygens (including phenoxy) is 1. The molecule has 0 fully saturated rings. The van der Waals surface area contributed by atoms with E-state index in [1.807, 2.05) is 43.3 Å². The molecule has 1 unspecified atom stereocenters. The highest BCUT2D eigenvalue weighted by molar-refractivity contribution is 5.32. The lowest BCUT2D eigenvalue weighted by molar-refractivity contribution is 0.226. The lowest BCUT2D eigenvalue weighted by atomic mass is 10.1. The average molecular weight is 214 g/mol. The van der Waals surface area contributed by atoms with Crippen LogP contribution in [0.2, 0.25) is 0 Å². The smallest absolute Gasteiger partial charge is 0.138 e. The highest BCUT2D eigenvalue weighted by Gasteiger charge is 2.06. The van der Waals surface area contributed by atoms with Gasteiger partial charge in [-0.05, 0) is 24.6 Å². The summed E-state index contributed by atoms with van der Waals surface area (Å²) in [6.07, 6.45) is 1.64. The molecule has 0 saturated heterocycles. The van der Waals surface area contributed by atoms with Crippen molar-refractivity contribution in [3.05, 3.63) is 54.2 Å². The first-order valence-electron chi connectivity index (χ1n) is 5.19. The number of hydrogen-bond donors (Lipinski definition) is 1. The first kappa shape index (κ1) is 10.5. The maximum atomic E-state index is 5.74. The summed E-state index contributed by atoms with van der Waals surface area (Å²) >= 11 is 0. The Morgan fingerprint density at radius 1 is 1.12 bits per heavy atom. The van der Waals surface area contributed by atoms with Crippen LogP contribution in [-0.2, 0) is 0 Å². The van der Waals surface area contributed by atoms with Crippen molar-refractivity contribution < 1.29 is 4.74 Å². The predicted molar refractivity (Wildman–Crippen MR) is 64.1 cm³/mol. The Kier molecular flexibility index (Phi) is 3.05. The predicted octanol–water partition coefficient (Wildman–Crippen LogP) is 2.80. The molecular weight excluding hydrogens is 200 g/mol. The Morgan fingerprint density at radius 3 is 2.50 bits per heavy atom. The maximum absolute atomic E-state index is 5.74. The Balaban J connectivity index is 2.08. The molecule has 1 aromatic carbocycles. The molecule has 0 bridgehead atoms. The van der Waals surface area contributed by atoms with Gasteiger partial charge in [0, 0.05) is 0 Å². The molecule has 1 heterocycles. The minimum atomic E-state index is 0.00613. The van der Waals surface area contributed by atoms with E-state index in [4.69, 9.17) is 10.5 Å². The standard InChI is InChI=1S/C13H14N2O/c1-10(11-5-3-2-4-6-11)16-12-7-8-13(14)15-9-12/h2-10H,1H3,(H2,14,15). The molecule has 0 amide bonds. The van der Waals surface area contributed by atoms with Gasteiger partial charge in [-0.3, -0.25) is 0 Å². The second-order valence-electron chi connectivity index (χ2n) is 3.59. The number of nitrogen functional groups attached to an aromatic ring is 1. The number of benzene rings is 1. The van der Waals surface area contributed by atoms with Gasteiger partial charge in [-0.15, -0.1) is 0 Å². The van der Waals surface area contributed by atoms with Gasteiger partial charge >= 0.3 is 0 Å². The van der Waals surface area contributed by atoms with Crippen molar-refractivity contribution in [2.24, 2.45) is 0 Å². The van der Waals surface area contributed by atoms with Crippen molar-refractivity contribution in [3.8, 4) is 5.75 Å². The van der Waals surface area contributed by atoms with Crippen molar-refractivity contribution >= 4 is 5.82 Å². The zero-order valence-electron chi connectivity index (χ0n) is 9.13. The van der Waals surface area contributed by atoms with E-state index in [2.05, 4.69) is 4.98 Å². The highest BCUT2D eigenvalue weighted by Crippen LogP contribution is 2.20. The van der Waals surface area contributed by atoms with E-state index in [1.165, 1.54) is 0 Å².